The van der Waals surface area contributed by atoms with Crippen LogP contribution in [0.3, 0.4) is 0 Å². The third kappa shape index (κ3) is 5.91. The molecule has 0 aliphatic carbocycles. The number of aliphatic hydroxyl groups excluding tert-OH is 1. The van der Waals surface area contributed by atoms with E-state index in [1.165, 1.54) is 4.90 Å². The van der Waals surface area contributed by atoms with E-state index in [2.05, 4.69) is 28.2 Å². The smallest absolute Gasteiger partial charge is 0.313 e. The summed E-state index contributed by atoms with van der Waals surface area (Å²) >= 11 is 3.56. The van der Waals surface area contributed by atoms with Gasteiger partial charge in [-0.15, -0.1) is 0 Å². The van der Waals surface area contributed by atoms with E-state index in [4.69, 9.17) is 9.47 Å². The molecule has 2 fully saturated rings. The van der Waals surface area contributed by atoms with E-state index in [0.717, 1.165) is 19.3 Å². The average Bonchev–Trinajstić information content (AvgIpc) is 3.60. The van der Waals surface area contributed by atoms with Crippen LogP contribution in [-0.4, -0.2) is 88.6 Å². The van der Waals surface area contributed by atoms with Gasteiger partial charge in [0.25, 0.3) is 0 Å². The highest BCUT2D eigenvalue weighted by atomic mass is 79.9. The molecule has 1 aromatic rings. The summed E-state index contributed by atoms with van der Waals surface area (Å²) in [4.78, 5) is 58.5. The SMILES string of the molecule is CCCCCN1C/C=C\CCC(=O)NC[C@H](c2ccccc2)OC(=O)[C@H]2[C@@H]3O[C@@]4(C=C3Br)[C@@H]2C(=O)N([C@H](C)CO)[C@@H]4C1=O. The minimum absolute atomic E-state index is 0.0668. The highest BCUT2D eigenvalue weighted by Gasteiger charge is 2.75. The van der Waals surface area contributed by atoms with Crippen LogP contribution in [0, 0.1) is 11.8 Å². The van der Waals surface area contributed by atoms with Gasteiger partial charge in [0.05, 0.1) is 25.1 Å². The topological polar surface area (TPSA) is 125 Å². The van der Waals surface area contributed by atoms with E-state index in [-0.39, 0.29) is 31.4 Å². The van der Waals surface area contributed by atoms with Crippen molar-refractivity contribution in [1.29, 1.82) is 0 Å². The molecule has 4 heterocycles. The number of nitrogens with one attached hydrogen (secondary N) is 1. The largest absolute Gasteiger partial charge is 0.455 e. The van der Waals surface area contributed by atoms with E-state index in [0.29, 0.717) is 29.6 Å². The Kier molecular flexibility index (Phi) is 9.73. The molecule has 10 nitrogen and oxygen atoms in total. The van der Waals surface area contributed by atoms with Crippen molar-refractivity contribution in [2.75, 3.05) is 26.2 Å². The van der Waals surface area contributed by atoms with Gasteiger partial charge >= 0.3 is 5.97 Å². The molecule has 5 bridgehead atoms. The number of likely N-dealkylation sites (tertiary alicyclic amines) is 1. The Bertz CT molecular complexity index is 1290. The molecule has 0 unspecified atom stereocenters. The summed E-state index contributed by atoms with van der Waals surface area (Å²) in [6.07, 6.45) is 7.33. The number of cyclic esters (lactones) is 1. The van der Waals surface area contributed by atoms with Crippen LogP contribution in [0.25, 0.3) is 0 Å². The molecule has 4 aliphatic rings. The summed E-state index contributed by atoms with van der Waals surface area (Å²) in [5, 5.41) is 13.0. The molecule has 4 aliphatic heterocycles. The fourth-order valence-corrected chi connectivity index (χ4v) is 7.46. The zero-order valence-corrected chi connectivity index (χ0v) is 26.2. The van der Waals surface area contributed by atoms with Gasteiger partial charge in [-0.3, -0.25) is 19.2 Å². The predicted molar refractivity (Wildman–Crippen MR) is 162 cm³/mol. The van der Waals surface area contributed by atoms with Crippen LogP contribution in [0.15, 0.2) is 53.0 Å². The first-order chi connectivity index (χ1) is 20.7. The first-order valence-electron chi connectivity index (χ1n) is 15.2. The number of amides is 3. The van der Waals surface area contributed by atoms with Gasteiger partial charge in [-0.25, -0.2) is 0 Å². The van der Waals surface area contributed by atoms with Crippen LogP contribution in [-0.2, 0) is 28.7 Å². The van der Waals surface area contributed by atoms with Crippen molar-refractivity contribution in [1.82, 2.24) is 15.1 Å². The first kappa shape index (κ1) is 31.4. The Balaban J connectivity index is 1.57. The second-order valence-electron chi connectivity index (χ2n) is 11.7. The Labute approximate surface area is 260 Å². The van der Waals surface area contributed by atoms with Crippen LogP contribution in [0.4, 0.5) is 0 Å². The number of allylic oxidation sites excluding steroid dienone is 1. The van der Waals surface area contributed by atoms with E-state index in [1.807, 2.05) is 42.5 Å². The normalized spacial score (nSPS) is 32.7. The molecule has 43 heavy (non-hydrogen) atoms. The maximum Gasteiger partial charge on any atom is 0.313 e. The zero-order chi connectivity index (χ0) is 30.7. The van der Waals surface area contributed by atoms with Gasteiger partial charge in [0, 0.05) is 24.0 Å². The van der Waals surface area contributed by atoms with Crippen LogP contribution in [0.1, 0.15) is 57.6 Å². The average molecular weight is 659 g/mol. The lowest BCUT2D eigenvalue weighted by Gasteiger charge is -2.37. The fourth-order valence-electron chi connectivity index (χ4n) is 6.73. The van der Waals surface area contributed by atoms with Crippen molar-refractivity contribution >= 4 is 39.6 Å². The second-order valence-corrected chi connectivity index (χ2v) is 12.7. The van der Waals surface area contributed by atoms with Gasteiger partial charge in [0.1, 0.15) is 29.8 Å². The molecule has 0 aromatic heterocycles. The Morgan fingerprint density at radius 3 is 2.60 bits per heavy atom. The van der Waals surface area contributed by atoms with E-state index in [1.54, 1.807) is 17.9 Å². The quantitative estimate of drug-likeness (QED) is 0.262. The lowest BCUT2D eigenvalue weighted by atomic mass is 9.74. The predicted octanol–water partition coefficient (Wildman–Crippen LogP) is 3.01. The van der Waals surface area contributed by atoms with Crippen LogP contribution < -0.4 is 5.32 Å². The van der Waals surface area contributed by atoms with Gasteiger partial charge in [-0.1, -0.05) is 78.2 Å². The lowest BCUT2D eigenvalue weighted by Crippen LogP contribution is -2.58. The summed E-state index contributed by atoms with van der Waals surface area (Å²) in [5.41, 5.74) is -0.700. The molecular formula is C32H40BrN3O7. The fraction of sp³-hybridized carbons (Fsp3) is 0.562. The van der Waals surface area contributed by atoms with Gasteiger partial charge in [-0.05, 0) is 31.4 Å². The number of ether oxygens (including phenoxy) is 2. The Morgan fingerprint density at radius 1 is 1.12 bits per heavy atom. The summed E-state index contributed by atoms with van der Waals surface area (Å²) in [5.74, 6) is -3.58. The van der Waals surface area contributed by atoms with E-state index >= 15 is 0 Å². The number of halogens is 1. The highest BCUT2D eigenvalue weighted by molar-refractivity contribution is 9.11. The monoisotopic (exact) mass is 657 g/mol. The molecule has 232 valence electrons. The van der Waals surface area contributed by atoms with E-state index in [9.17, 15) is 24.3 Å². The summed E-state index contributed by atoms with van der Waals surface area (Å²) in [7, 11) is 0. The van der Waals surface area contributed by atoms with Gasteiger partial charge in [0.2, 0.25) is 17.7 Å². The number of esters is 1. The van der Waals surface area contributed by atoms with Crippen molar-refractivity contribution in [3.63, 3.8) is 0 Å². The van der Waals surface area contributed by atoms with Gasteiger partial charge in [0.15, 0.2) is 0 Å². The number of aliphatic hydroxyl groups is 1. The van der Waals surface area contributed by atoms with Crippen molar-refractivity contribution in [2.24, 2.45) is 11.8 Å². The number of unbranched alkanes of at least 4 members (excludes halogenated alkanes) is 2. The minimum atomic E-state index is -1.40. The number of fused-ring (bicyclic) bond motifs is 2. The Morgan fingerprint density at radius 2 is 1.88 bits per heavy atom. The summed E-state index contributed by atoms with van der Waals surface area (Å²) < 4.78 is 13.2. The van der Waals surface area contributed by atoms with Crippen molar-refractivity contribution in [3.8, 4) is 0 Å². The number of hydrogen-bond acceptors (Lipinski definition) is 7. The van der Waals surface area contributed by atoms with Crippen LogP contribution in [0.2, 0.25) is 0 Å². The molecule has 3 amide bonds. The maximum atomic E-state index is 14.5. The van der Waals surface area contributed by atoms with Crippen molar-refractivity contribution in [3.05, 3.63) is 58.6 Å². The van der Waals surface area contributed by atoms with Gasteiger partial charge in [-0.2, -0.15) is 0 Å². The number of carbonyl (C=O) groups excluding carboxylic acids is 4. The molecule has 2 N–H and O–H groups in total. The minimum Gasteiger partial charge on any atom is -0.455 e. The summed E-state index contributed by atoms with van der Waals surface area (Å²) in [6.45, 7) is 4.26. The molecular weight excluding hydrogens is 618 g/mol. The number of rotatable bonds is 7. The Hall–Kier alpha value is -3.02. The van der Waals surface area contributed by atoms with E-state index < -0.39 is 53.6 Å². The number of carbonyl (C=O) groups is 4. The van der Waals surface area contributed by atoms with Crippen LogP contribution >= 0.6 is 15.9 Å². The standard InChI is InChI=1S/C32H40BrN3O7/c1-3-4-10-15-35-16-11-6-9-14-24(38)34-18-23(21-12-7-5-8-13-21)42-31(41)25-26-29(39)36(20(2)19-37)28(30(35)40)32(26)17-22(33)27(25)43-32/h5-8,11-13,17,20,23,25-28,37H,3-4,9-10,14-16,18-19H2,1-2H3,(H,34,38)/b11-6-/t20-,23-,25-,26+,27-,28-,32+/m1/s1. The molecule has 11 heteroatoms. The molecule has 7 atom stereocenters. The molecule has 1 aromatic carbocycles. The zero-order valence-electron chi connectivity index (χ0n) is 24.6. The summed E-state index contributed by atoms with van der Waals surface area (Å²) in [6, 6.07) is 7.38. The van der Waals surface area contributed by atoms with Crippen molar-refractivity contribution < 1.29 is 33.8 Å². The molecule has 0 radical (unpaired) electrons. The molecule has 2 saturated heterocycles. The third-order valence-electron chi connectivity index (χ3n) is 8.90. The maximum absolute atomic E-state index is 14.5. The second kappa shape index (κ2) is 13.3. The number of nitrogens with zero attached hydrogens (tertiary/aromatic N) is 2. The molecule has 5 rings (SSSR count). The molecule has 1 spiro atoms. The first-order valence-corrected chi connectivity index (χ1v) is 16.0. The highest BCUT2D eigenvalue weighted by Crippen LogP contribution is 2.59. The number of hydrogen-bond donors (Lipinski definition) is 2. The molecule has 0 saturated carbocycles. The lowest BCUT2D eigenvalue weighted by molar-refractivity contribution is -0.160. The third-order valence-corrected chi connectivity index (χ3v) is 9.58. The number of benzene rings is 1. The van der Waals surface area contributed by atoms with Crippen molar-refractivity contribution in [2.45, 2.75) is 75.8 Å². The van der Waals surface area contributed by atoms with Crippen LogP contribution in [0.5, 0.6) is 0 Å². The van der Waals surface area contributed by atoms with Gasteiger partial charge < -0.3 is 29.7 Å².